The molecule has 0 radical (unpaired) electrons. The fraction of sp³-hybridized carbons (Fsp3) is 0.200. The topological polar surface area (TPSA) is 9.23 Å². The Hall–Kier alpha value is -1.54. The Balaban J connectivity index is 2.30. The quantitative estimate of drug-likeness (QED) is 0.711. The second-order valence-electron chi connectivity index (χ2n) is 4.35. The van der Waals surface area contributed by atoms with Crippen molar-refractivity contribution in [3.8, 4) is 11.5 Å². The molecule has 2 aromatic carbocycles. The molecule has 2 rings (SSSR count). The minimum Gasteiger partial charge on any atom is -0.457 e. The van der Waals surface area contributed by atoms with Crippen molar-refractivity contribution in [1.29, 1.82) is 0 Å². The molecule has 18 heavy (non-hydrogen) atoms. The second kappa shape index (κ2) is 5.40. The van der Waals surface area contributed by atoms with Crippen molar-refractivity contribution in [1.82, 2.24) is 0 Å². The Labute approximate surface area is 111 Å². The van der Waals surface area contributed by atoms with Crippen LogP contribution in [-0.4, -0.2) is 0 Å². The van der Waals surface area contributed by atoms with Crippen molar-refractivity contribution in [3.05, 3.63) is 58.9 Å². The third-order valence-electron chi connectivity index (χ3n) is 2.52. The molecule has 0 atom stereocenters. The first kappa shape index (κ1) is 12.9. The summed E-state index contributed by atoms with van der Waals surface area (Å²) in [7, 11) is 0. The molecule has 0 bridgehead atoms. The van der Waals surface area contributed by atoms with Crippen LogP contribution < -0.4 is 4.74 Å². The van der Waals surface area contributed by atoms with E-state index in [-0.39, 0.29) is 11.7 Å². The van der Waals surface area contributed by atoms with E-state index < -0.39 is 0 Å². The highest BCUT2D eigenvalue weighted by Gasteiger charge is 2.04. The lowest BCUT2D eigenvalue weighted by Crippen LogP contribution is -1.90. The standard InChI is InChI=1S/C15H14ClFO/c1-10-3-11(2)5-14(4-10)18-15-7-12(9-16)6-13(17)8-15/h3-8H,9H2,1-2H3. The molecule has 0 N–H and O–H groups in total. The van der Waals surface area contributed by atoms with Crippen LogP contribution in [0.2, 0.25) is 0 Å². The molecule has 0 aliphatic heterocycles. The van der Waals surface area contributed by atoms with Gasteiger partial charge in [0.05, 0.1) is 0 Å². The molecule has 0 aliphatic carbocycles. The Bertz CT molecular complexity index is 546. The zero-order valence-electron chi connectivity index (χ0n) is 10.3. The predicted molar refractivity (Wildman–Crippen MR) is 71.9 cm³/mol. The highest BCUT2D eigenvalue weighted by atomic mass is 35.5. The van der Waals surface area contributed by atoms with Crippen LogP contribution in [0.5, 0.6) is 11.5 Å². The summed E-state index contributed by atoms with van der Waals surface area (Å²) in [5.41, 5.74) is 2.92. The Morgan fingerprint density at radius 1 is 0.944 bits per heavy atom. The van der Waals surface area contributed by atoms with E-state index in [0.29, 0.717) is 17.1 Å². The highest BCUT2D eigenvalue weighted by molar-refractivity contribution is 6.17. The summed E-state index contributed by atoms with van der Waals surface area (Å²) in [4.78, 5) is 0. The average Bonchev–Trinajstić information content (AvgIpc) is 2.26. The minimum atomic E-state index is -0.340. The van der Waals surface area contributed by atoms with Gasteiger partial charge in [0.2, 0.25) is 0 Å². The molecule has 2 aromatic rings. The van der Waals surface area contributed by atoms with Crippen molar-refractivity contribution < 1.29 is 9.13 Å². The highest BCUT2D eigenvalue weighted by Crippen LogP contribution is 2.26. The van der Waals surface area contributed by atoms with E-state index in [1.807, 2.05) is 26.0 Å². The number of hydrogen-bond acceptors (Lipinski definition) is 1. The van der Waals surface area contributed by atoms with Crippen LogP contribution in [0.1, 0.15) is 16.7 Å². The maximum Gasteiger partial charge on any atom is 0.130 e. The molecular formula is C15H14ClFO. The Morgan fingerprint density at radius 3 is 2.17 bits per heavy atom. The van der Waals surface area contributed by atoms with E-state index in [9.17, 15) is 4.39 Å². The molecule has 0 fully saturated rings. The van der Waals surface area contributed by atoms with Gasteiger partial charge in [-0.15, -0.1) is 11.6 Å². The molecule has 1 nitrogen and oxygen atoms in total. The maximum absolute atomic E-state index is 13.3. The number of ether oxygens (including phenoxy) is 1. The molecule has 0 saturated carbocycles. The first-order valence-electron chi connectivity index (χ1n) is 5.68. The Morgan fingerprint density at radius 2 is 1.56 bits per heavy atom. The van der Waals surface area contributed by atoms with Crippen LogP contribution in [0.3, 0.4) is 0 Å². The van der Waals surface area contributed by atoms with Gasteiger partial charge in [0.1, 0.15) is 17.3 Å². The van der Waals surface area contributed by atoms with Gasteiger partial charge in [0, 0.05) is 11.9 Å². The molecule has 3 heteroatoms. The molecule has 0 saturated heterocycles. The van der Waals surface area contributed by atoms with Gasteiger partial charge in [-0.25, -0.2) is 4.39 Å². The van der Waals surface area contributed by atoms with Gasteiger partial charge >= 0.3 is 0 Å². The molecule has 0 unspecified atom stereocenters. The van der Waals surface area contributed by atoms with E-state index in [1.165, 1.54) is 12.1 Å². The van der Waals surface area contributed by atoms with Crippen molar-refractivity contribution >= 4 is 11.6 Å². The van der Waals surface area contributed by atoms with Crippen molar-refractivity contribution in [2.24, 2.45) is 0 Å². The lowest BCUT2D eigenvalue weighted by atomic mass is 10.1. The number of aryl methyl sites for hydroxylation is 2. The fourth-order valence-corrected chi connectivity index (χ4v) is 2.04. The summed E-state index contributed by atoms with van der Waals surface area (Å²) in [5, 5.41) is 0. The van der Waals surface area contributed by atoms with Crippen LogP contribution >= 0.6 is 11.6 Å². The lowest BCUT2D eigenvalue weighted by molar-refractivity contribution is 0.475. The zero-order chi connectivity index (χ0) is 13.1. The predicted octanol–water partition coefficient (Wildman–Crippen LogP) is 4.97. The number of alkyl halides is 1. The molecule has 0 aromatic heterocycles. The number of hydrogen-bond donors (Lipinski definition) is 0. The first-order valence-corrected chi connectivity index (χ1v) is 6.22. The maximum atomic E-state index is 13.3. The van der Waals surface area contributed by atoms with Crippen molar-refractivity contribution in [3.63, 3.8) is 0 Å². The summed E-state index contributed by atoms with van der Waals surface area (Å²) in [6.07, 6.45) is 0. The third kappa shape index (κ3) is 3.23. The zero-order valence-corrected chi connectivity index (χ0v) is 11.1. The van der Waals surface area contributed by atoms with E-state index in [0.717, 1.165) is 11.1 Å². The van der Waals surface area contributed by atoms with E-state index in [2.05, 4.69) is 6.07 Å². The third-order valence-corrected chi connectivity index (χ3v) is 2.82. The number of rotatable bonds is 3. The molecule has 0 spiro atoms. The number of benzene rings is 2. The molecule has 0 aliphatic rings. The van der Waals surface area contributed by atoms with E-state index in [4.69, 9.17) is 16.3 Å². The van der Waals surface area contributed by atoms with Crippen LogP contribution in [0.4, 0.5) is 4.39 Å². The molecule has 0 amide bonds. The number of halogens is 2. The normalized spacial score (nSPS) is 10.4. The average molecular weight is 265 g/mol. The van der Waals surface area contributed by atoms with Gasteiger partial charge in [0.25, 0.3) is 0 Å². The van der Waals surface area contributed by atoms with E-state index in [1.54, 1.807) is 6.07 Å². The first-order chi connectivity index (χ1) is 8.56. The van der Waals surface area contributed by atoms with Gasteiger partial charge in [-0.05, 0) is 54.8 Å². The SMILES string of the molecule is Cc1cc(C)cc(Oc2cc(F)cc(CCl)c2)c1. The van der Waals surface area contributed by atoms with Crippen LogP contribution in [0.25, 0.3) is 0 Å². The van der Waals surface area contributed by atoms with Crippen molar-refractivity contribution in [2.45, 2.75) is 19.7 Å². The smallest absolute Gasteiger partial charge is 0.130 e. The second-order valence-corrected chi connectivity index (χ2v) is 4.62. The summed E-state index contributed by atoms with van der Waals surface area (Å²) in [5.74, 6) is 1.10. The van der Waals surface area contributed by atoms with Crippen LogP contribution in [-0.2, 0) is 5.88 Å². The molecular weight excluding hydrogens is 251 g/mol. The van der Waals surface area contributed by atoms with Crippen LogP contribution in [0, 0.1) is 19.7 Å². The van der Waals surface area contributed by atoms with Gasteiger partial charge < -0.3 is 4.74 Å². The summed E-state index contributed by atoms with van der Waals surface area (Å²) in [6, 6.07) is 10.4. The monoisotopic (exact) mass is 264 g/mol. The summed E-state index contributed by atoms with van der Waals surface area (Å²) >= 11 is 5.70. The minimum absolute atomic E-state index is 0.265. The largest absolute Gasteiger partial charge is 0.457 e. The summed E-state index contributed by atoms with van der Waals surface area (Å²) < 4.78 is 19.0. The van der Waals surface area contributed by atoms with Gasteiger partial charge in [0.15, 0.2) is 0 Å². The van der Waals surface area contributed by atoms with Crippen molar-refractivity contribution in [2.75, 3.05) is 0 Å². The molecule has 94 valence electrons. The lowest BCUT2D eigenvalue weighted by Gasteiger charge is -2.09. The summed E-state index contributed by atoms with van der Waals surface area (Å²) in [6.45, 7) is 3.99. The van der Waals surface area contributed by atoms with Gasteiger partial charge in [-0.3, -0.25) is 0 Å². The van der Waals surface area contributed by atoms with Gasteiger partial charge in [-0.1, -0.05) is 6.07 Å². The van der Waals surface area contributed by atoms with Gasteiger partial charge in [-0.2, -0.15) is 0 Å². The van der Waals surface area contributed by atoms with E-state index >= 15 is 0 Å². The van der Waals surface area contributed by atoms with Crippen LogP contribution in [0.15, 0.2) is 36.4 Å². The fourth-order valence-electron chi connectivity index (χ4n) is 1.88. The molecule has 0 heterocycles. The Kier molecular flexibility index (Phi) is 3.87.